The molecule has 0 aliphatic carbocycles. The molecule has 128 valence electrons. The van der Waals surface area contributed by atoms with Crippen molar-refractivity contribution in [3.63, 3.8) is 0 Å². The number of hydrogen-bond donors (Lipinski definition) is 0. The number of benzene rings is 1. The minimum absolute atomic E-state index is 0.0816. The number of piperidine rings is 1. The van der Waals surface area contributed by atoms with Gasteiger partial charge in [0.25, 0.3) is 11.8 Å². The number of carbonyl (C=O) groups excluding carboxylic acids is 2. The van der Waals surface area contributed by atoms with E-state index in [1.165, 1.54) is 12.4 Å². The second kappa shape index (κ2) is 6.63. The monoisotopic (exact) mass is 336 g/mol. The number of carbonyl (C=O) groups is 2. The Morgan fingerprint density at radius 2 is 1.88 bits per heavy atom. The van der Waals surface area contributed by atoms with Gasteiger partial charge in [0.05, 0.1) is 6.20 Å². The summed E-state index contributed by atoms with van der Waals surface area (Å²) in [6, 6.07) is 8.05. The van der Waals surface area contributed by atoms with Gasteiger partial charge in [-0.25, -0.2) is 4.98 Å². The summed E-state index contributed by atoms with van der Waals surface area (Å²) in [6.45, 7) is 2.05. The molecule has 2 aromatic rings. The normalized spacial score (nSPS) is 18.2. The first-order chi connectivity index (χ1) is 12.2. The van der Waals surface area contributed by atoms with Crippen molar-refractivity contribution in [2.75, 3.05) is 19.6 Å². The van der Waals surface area contributed by atoms with Crippen LogP contribution in [0, 0.1) is 0 Å². The Balaban J connectivity index is 1.41. The van der Waals surface area contributed by atoms with Crippen LogP contribution in [0.4, 0.5) is 0 Å². The molecule has 6 heteroatoms. The van der Waals surface area contributed by atoms with Crippen molar-refractivity contribution in [2.24, 2.45) is 0 Å². The summed E-state index contributed by atoms with van der Waals surface area (Å²) < 4.78 is 0. The van der Waals surface area contributed by atoms with Gasteiger partial charge in [0, 0.05) is 43.6 Å². The first-order valence-electron chi connectivity index (χ1n) is 8.68. The van der Waals surface area contributed by atoms with Gasteiger partial charge in [-0.1, -0.05) is 18.2 Å². The van der Waals surface area contributed by atoms with Crippen LogP contribution in [0.15, 0.2) is 42.9 Å². The molecule has 6 nitrogen and oxygen atoms in total. The van der Waals surface area contributed by atoms with Gasteiger partial charge >= 0.3 is 0 Å². The van der Waals surface area contributed by atoms with Crippen molar-refractivity contribution in [1.29, 1.82) is 0 Å². The highest BCUT2D eigenvalue weighted by atomic mass is 16.2. The van der Waals surface area contributed by atoms with Gasteiger partial charge in [0.1, 0.15) is 5.69 Å². The summed E-state index contributed by atoms with van der Waals surface area (Å²) >= 11 is 0. The number of hydrogen-bond acceptors (Lipinski definition) is 4. The molecule has 0 N–H and O–H groups in total. The quantitative estimate of drug-likeness (QED) is 0.838. The first-order valence-corrected chi connectivity index (χ1v) is 8.68. The van der Waals surface area contributed by atoms with Crippen molar-refractivity contribution in [2.45, 2.75) is 25.3 Å². The van der Waals surface area contributed by atoms with E-state index in [0.717, 1.165) is 36.9 Å². The molecule has 4 rings (SSSR count). The van der Waals surface area contributed by atoms with E-state index in [4.69, 9.17) is 0 Å². The van der Waals surface area contributed by atoms with Gasteiger partial charge in [0.2, 0.25) is 0 Å². The van der Waals surface area contributed by atoms with Crippen molar-refractivity contribution in [3.8, 4) is 0 Å². The maximum Gasteiger partial charge on any atom is 0.274 e. The third-order valence-electron chi connectivity index (χ3n) is 5.11. The van der Waals surface area contributed by atoms with Gasteiger partial charge in [-0.3, -0.25) is 14.6 Å². The van der Waals surface area contributed by atoms with Crippen LogP contribution in [-0.4, -0.2) is 57.3 Å². The molecule has 1 saturated heterocycles. The lowest BCUT2D eigenvalue weighted by atomic mass is 9.95. The van der Waals surface area contributed by atoms with Gasteiger partial charge in [0.15, 0.2) is 0 Å². The van der Waals surface area contributed by atoms with Crippen molar-refractivity contribution >= 4 is 11.8 Å². The van der Waals surface area contributed by atoms with Crippen LogP contribution in [0.2, 0.25) is 0 Å². The fourth-order valence-corrected chi connectivity index (χ4v) is 3.74. The van der Waals surface area contributed by atoms with Crippen LogP contribution in [0.3, 0.4) is 0 Å². The molecule has 1 fully saturated rings. The minimum Gasteiger partial charge on any atom is -0.337 e. The van der Waals surface area contributed by atoms with E-state index in [9.17, 15) is 9.59 Å². The number of rotatable bonds is 2. The molecule has 0 saturated carbocycles. The fourth-order valence-electron chi connectivity index (χ4n) is 3.74. The Morgan fingerprint density at radius 3 is 2.64 bits per heavy atom. The average Bonchev–Trinajstić information content (AvgIpc) is 2.69. The standard InChI is InChI=1S/C19H20N4O2/c24-18-16-4-2-1-3-14(16)5-12-23(18)15-6-10-22(11-7-15)19(25)17-13-20-8-9-21-17/h1-4,8-9,13,15H,5-7,10-12H2. The highest BCUT2D eigenvalue weighted by Crippen LogP contribution is 2.25. The lowest BCUT2D eigenvalue weighted by molar-refractivity contribution is 0.0503. The number of likely N-dealkylation sites (tertiary alicyclic amines) is 1. The topological polar surface area (TPSA) is 66.4 Å². The maximum absolute atomic E-state index is 12.8. The number of fused-ring (bicyclic) bond motifs is 1. The fraction of sp³-hybridized carbons (Fsp3) is 0.368. The number of amides is 2. The molecular weight excluding hydrogens is 316 g/mol. The Hall–Kier alpha value is -2.76. The molecule has 1 aromatic carbocycles. The second-order valence-electron chi connectivity index (χ2n) is 6.52. The van der Waals surface area contributed by atoms with Gasteiger partial charge in [-0.2, -0.15) is 0 Å². The van der Waals surface area contributed by atoms with Gasteiger partial charge in [-0.05, 0) is 30.9 Å². The summed E-state index contributed by atoms with van der Waals surface area (Å²) in [7, 11) is 0. The van der Waals surface area contributed by atoms with Gasteiger partial charge in [-0.15, -0.1) is 0 Å². The zero-order valence-corrected chi connectivity index (χ0v) is 14.0. The molecule has 2 amide bonds. The summed E-state index contributed by atoms with van der Waals surface area (Å²) in [5, 5.41) is 0. The first kappa shape index (κ1) is 15.7. The van der Waals surface area contributed by atoms with Crippen molar-refractivity contribution < 1.29 is 9.59 Å². The molecule has 0 atom stereocenters. The second-order valence-corrected chi connectivity index (χ2v) is 6.52. The van der Waals surface area contributed by atoms with E-state index in [1.807, 2.05) is 34.1 Å². The largest absolute Gasteiger partial charge is 0.337 e. The zero-order valence-electron chi connectivity index (χ0n) is 14.0. The molecule has 2 aliphatic heterocycles. The Kier molecular flexibility index (Phi) is 4.17. The Labute approximate surface area is 146 Å². The Morgan fingerprint density at radius 1 is 1.08 bits per heavy atom. The molecular formula is C19H20N4O2. The van der Waals surface area contributed by atoms with E-state index < -0.39 is 0 Å². The highest BCUT2D eigenvalue weighted by molar-refractivity contribution is 5.97. The Bertz CT molecular complexity index is 785. The lowest BCUT2D eigenvalue weighted by Gasteiger charge is -2.40. The molecule has 0 radical (unpaired) electrons. The van der Waals surface area contributed by atoms with Crippen molar-refractivity contribution in [1.82, 2.24) is 19.8 Å². The van der Waals surface area contributed by atoms with E-state index >= 15 is 0 Å². The predicted molar refractivity (Wildman–Crippen MR) is 92.1 cm³/mol. The third kappa shape index (κ3) is 2.99. The van der Waals surface area contributed by atoms with Crippen LogP contribution >= 0.6 is 0 Å². The SMILES string of the molecule is O=C(c1cnccn1)N1CCC(N2CCc3ccccc3C2=O)CC1. The molecule has 1 aromatic heterocycles. The number of nitrogens with zero attached hydrogens (tertiary/aromatic N) is 4. The number of aromatic nitrogens is 2. The van der Waals surface area contributed by atoms with E-state index in [1.54, 1.807) is 6.20 Å². The average molecular weight is 336 g/mol. The summed E-state index contributed by atoms with van der Waals surface area (Å²) in [5.74, 6) is 0.0439. The lowest BCUT2D eigenvalue weighted by Crippen LogP contribution is -2.51. The molecule has 0 bridgehead atoms. The molecule has 0 unspecified atom stereocenters. The maximum atomic E-state index is 12.8. The summed E-state index contributed by atoms with van der Waals surface area (Å²) in [5.41, 5.74) is 2.34. The van der Waals surface area contributed by atoms with Crippen LogP contribution in [0.25, 0.3) is 0 Å². The van der Waals surface area contributed by atoms with Crippen LogP contribution in [0.5, 0.6) is 0 Å². The smallest absolute Gasteiger partial charge is 0.274 e. The molecule has 2 aliphatic rings. The summed E-state index contributed by atoms with van der Waals surface area (Å²) in [4.78, 5) is 37.1. The molecule has 0 spiro atoms. The van der Waals surface area contributed by atoms with Crippen LogP contribution in [0.1, 0.15) is 39.3 Å². The molecule has 3 heterocycles. The minimum atomic E-state index is -0.0816. The van der Waals surface area contributed by atoms with E-state index in [2.05, 4.69) is 9.97 Å². The van der Waals surface area contributed by atoms with Crippen molar-refractivity contribution in [3.05, 3.63) is 59.7 Å². The third-order valence-corrected chi connectivity index (χ3v) is 5.11. The molecule has 25 heavy (non-hydrogen) atoms. The highest BCUT2D eigenvalue weighted by Gasteiger charge is 2.33. The zero-order chi connectivity index (χ0) is 17.2. The predicted octanol–water partition coefficient (Wildman–Crippen LogP) is 1.78. The van der Waals surface area contributed by atoms with Crippen LogP contribution in [-0.2, 0) is 6.42 Å². The van der Waals surface area contributed by atoms with E-state index in [-0.39, 0.29) is 17.9 Å². The van der Waals surface area contributed by atoms with E-state index in [0.29, 0.717) is 18.8 Å². The van der Waals surface area contributed by atoms with Gasteiger partial charge < -0.3 is 9.80 Å². The summed E-state index contributed by atoms with van der Waals surface area (Å²) in [6.07, 6.45) is 7.10. The van der Waals surface area contributed by atoms with Crippen LogP contribution < -0.4 is 0 Å².